The molecule has 0 bridgehead atoms. The molecule has 0 saturated carbocycles. The van der Waals surface area contributed by atoms with Gasteiger partial charge in [-0.15, -0.1) is 0 Å². The lowest BCUT2D eigenvalue weighted by atomic mass is 10.0. The van der Waals surface area contributed by atoms with Crippen LogP contribution in [-0.4, -0.2) is 31.1 Å². The molecule has 0 fully saturated rings. The second-order valence-corrected chi connectivity index (χ2v) is 5.82. The Hall–Kier alpha value is -2.41. The fourth-order valence-electron chi connectivity index (χ4n) is 2.76. The van der Waals surface area contributed by atoms with Crippen molar-refractivity contribution in [2.24, 2.45) is 0 Å². The Morgan fingerprint density at radius 2 is 1.62 bits per heavy atom. The van der Waals surface area contributed by atoms with Crippen LogP contribution in [0, 0.1) is 11.3 Å². The van der Waals surface area contributed by atoms with Gasteiger partial charge in [-0.05, 0) is 25.1 Å². The molecule has 3 atom stereocenters. The number of rotatable bonds is 7. The molecule has 0 heterocycles. The lowest BCUT2D eigenvalue weighted by Crippen LogP contribution is -2.40. The van der Waals surface area contributed by atoms with E-state index in [0.717, 1.165) is 11.1 Å². The average Bonchev–Trinajstić information content (AvgIpc) is 2.64. The standard InChI is InChI=1S/C21H24N2O/c1-17(21(24-3)19-12-8-5-9-13-19)23(2)20(16-22)15-14-18-10-6-4-7-11-18/h4-15,17,20-21H,1-3H3/b15-14+/t17-,20-,21-/m0/s1. The Kier molecular flexibility index (Phi) is 6.74. The Morgan fingerprint density at radius 3 is 2.17 bits per heavy atom. The molecule has 0 radical (unpaired) electrons. The molecule has 0 aliphatic carbocycles. The van der Waals surface area contributed by atoms with Crippen LogP contribution in [0.15, 0.2) is 66.7 Å². The quantitative estimate of drug-likeness (QED) is 0.763. The molecule has 0 aliphatic heterocycles. The number of nitrogens with zero attached hydrogens (tertiary/aromatic N) is 2. The number of likely N-dealkylation sites (N-methyl/N-ethyl adjacent to an activating group) is 1. The van der Waals surface area contributed by atoms with Crippen LogP contribution in [-0.2, 0) is 4.74 Å². The second kappa shape index (κ2) is 9.02. The Morgan fingerprint density at radius 1 is 1.04 bits per heavy atom. The Labute approximate surface area is 144 Å². The molecule has 124 valence electrons. The lowest BCUT2D eigenvalue weighted by Gasteiger charge is -2.33. The molecule has 0 unspecified atom stereocenters. The second-order valence-electron chi connectivity index (χ2n) is 5.82. The van der Waals surface area contributed by atoms with E-state index in [1.165, 1.54) is 0 Å². The summed E-state index contributed by atoms with van der Waals surface area (Å²) in [5.74, 6) is 0. The molecule has 2 aromatic rings. The monoisotopic (exact) mass is 320 g/mol. The number of hydrogen-bond acceptors (Lipinski definition) is 3. The smallest absolute Gasteiger partial charge is 0.117 e. The Bertz CT molecular complexity index is 676. The van der Waals surface area contributed by atoms with Crippen molar-refractivity contribution in [3.05, 3.63) is 77.9 Å². The molecule has 0 aromatic heterocycles. The molecule has 0 spiro atoms. The number of methoxy groups -OCH3 is 1. The highest BCUT2D eigenvalue weighted by molar-refractivity contribution is 5.50. The van der Waals surface area contributed by atoms with E-state index in [-0.39, 0.29) is 18.2 Å². The SMILES string of the molecule is CO[C@H](c1ccccc1)[C@H](C)N(C)[C@H](C#N)/C=C/c1ccccc1. The van der Waals surface area contributed by atoms with Gasteiger partial charge in [-0.1, -0.05) is 72.8 Å². The maximum Gasteiger partial charge on any atom is 0.117 e. The zero-order chi connectivity index (χ0) is 17.4. The highest BCUT2D eigenvalue weighted by Gasteiger charge is 2.26. The molecule has 3 nitrogen and oxygen atoms in total. The summed E-state index contributed by atoms with van der Waals surface area (Å²) < 4.78 is 5.70. The van der Waals surface area contributed by atoms with Crippen molar-refractivity contribution in [1.82, 2.24) is 4.90 Å². The molecule has 0 N–H and O–H groups in total. The minimum absolute atomic E-state index is 0.0578. The van der Waals surface area contributed by atoms with Gasteiger partial charge in [0.25, 0.3) is 0 Å². The van der Waals surface area contributed by atoms with Crippen LogP contribution in [0.3, 0.4) is 0 Å². The molecular weight excluding hydrogens is 296 g/mol. The predicted molar refractivity (Wildman–Crippen MR) is 98.3 cm³/mol. The first-order valence-electron chi connectivity index (χ1n) is 8.10. The van der Waals surface area contributed by atoms with Gasteiger partial charge < -0.3 is 4.74 Å². The van der Waals surface area contributed by atoms with E-state index in [9.17, 15) is 5.26 Å². The van der Waals surface area contributed by atoms with Crippen molar-refractivity contribution in [3.8, 4) is 6.07 Å². The number of benzene rings is 2. The summed E-state index contributed by atoms with van der Waals surface area (Å²) in [5, 5.41) is 9.56. The molecule has 2 aromatic carbocycles. The highest BCUT2D eigenvalue weighted by Crippen LogP contribution is 2.25. The van der Waals surface area contributed by atoms with Crippen molar-refractivity contribution >= 4 is 6.08 Å². The van der Waals surface area contributed by atoms with Crippen LogP contribution < -0.4 is 0 Å². The van der Waals surface area contributed by atoms with E-state index in [0.29, 0.717) is 0 Å². The van der Waals surface area contributed by atoms with Gasteiger partial charge in [0.2, 0.25) is 0 Å². The summed E-state index contributed by atoms with van der Waals surface area (Å²) >= 11 is 0. The van der Waals surface area contributed by atoms with Gasteiger partial charge in [0.15, 0.2) is 0 Å². The van der Waals surface area contributed by atoms with E-state index in [4.69, 9.17) is 4.74 Å². The number of nitriles is 1. The van der Waals surface area contributed by atoms with E-state index >= 15 is 0 Å². The largest absolute Gasteiger partial charge is 0.375 e. The molecule has 3 heteroatoms. The molecular formula is C21H24N2O. The van der Waals surface area contributed by atoms with Gasteiger partial charge in [0.05, 0.1) is 12.2 Å². The first-order valence-corrected chi connectivity index (χ1v) is 8.10. The first kappa shape index (κ1) is 17.9. The topological polar surface area (TPSA) is 36.3 Å². The molecule has 24 heavy (non-hydrogen) atoms. The fourth-order valence-corrected chi connectivity index (χ4v) is 2.76. The summed E-state index contributed by atoms with van der Waals surface area (Å²) in [4.78, 5) is 2.04. The third-order valence-corrected chi connectivity index (χ3v) is 4.30. The molecule has 2 rings (SSSR count). The first-order chi connectivity index (χ1) is 11.7. The van der Waals surface area contributed by atoms with Crippen LogP contribution in [0.5, 0.6) is 0 Å². The van der Waals surface area contributed by atoms with E-state index in [1.54, 1.807) is 7.11 Å². The van der Waals surface area contributed by atoms with Crippen molar-refractivity contribution in [2.45, 2.75) is 25.1 Å². The van der Waals surface area contributed by atoms with Gasteiger partial charge in [0.1, 0.15) is 6.04 Å². The normalized spacial score (nSPS) is 15.1. The number of ether oxygens (including phenoxy) is 1. The summed E-state index contributed by atoms with van der Waals surface area (Å²) in [5.41, 5.74) is 2.20. The van der Waals surface area contributed by atoms with Gasteiger partial charge in [-0.25, -0.2) is 0 Å². The van der Waals surface area contributed by atoms with E-state index in [2.05, 4.69) is 25.1 Å². The minimum Gasteiger partial charge on any atom is -0.375 e. The maximum absolute atomic E-state index is 9.56. The summed E-state index contributed by atoms with van der Waals surface area (Å²) in [6, 6.07) is 22.2. The molecule has 0 amide bonds. The van der Waals surface area contributed by atoms with Crippen molar-refractivity contribution in [1.29, 1.82) is 5.26 Å². The van der Waals surface area contributed by atoms with Crippen LogP contribution in [0.4, 0.5) is 0 Å². The van der Waals surface area contributed by atoms with Gasteiger partial charge >= 0.3 is 0 Å². The summed E-state index contributed by atoms with van der Waals surface area (Å²) in [6.07, 6.45) is 3.84. The maximum atomic E-state index is 9.56. The van der Waals surface area contributed by atoms with E-state index < -0.39 is 0 Å². The van der Waals surface area contributed by atoms with Crippen LogP contribution in [0.1, 0.15) is 24.2 Å². The van der Waals surface area contributed by atoms with Gasteiger partial charge in [0, 0.05) is 13.2 Å². The van der Waals surface area contributed by atoms with Crippen molar-refractivity contribution in [3.63, 3.8) is 0 Å². The van der Waals surface area contributed by atoms with Crippen LogP contribution in [0.25, 0.3) is 6.08 Å². The highest BCUT2D eigenvalue weighted by atomic mass is 16.5. The van der Waals surface area contributed by atoms with Gasteiger partial charge in [-0.2, -0.15) is 5.26 Å². The molecule has 0 aliphatic rings. The van der Waals surface area contributed by atoms with Crippen molar-refractivity contribution in [2.75, 3.05) is 14.2 Å². The van der Waals surface area contributed by atoms with Crippen LogP contribution in [0.2, 0.25) is 0 Å². The Balaban J connectivity index is 2.13. The lowest BCUT2D eigenvalue weighted by molar-refractivity contribution is 0.0273. The third-order valence-electron chi connectivity index (χ3n) is 4.30. The fraction of sp³-hybridized carbons (Fsp3) is 0.286. The summed E-state index contributed by atoms with van der Waals surface area (Å²) in [6.45, 7) is 2.09. The van der Waals surface area contributed by atoms with Gasteiger partial charge in [-0.3, -0.25) is 4.90 Å². The zero-order valence-corrected chi connectivity index (χ0v) is 14.5. The van der Waals surface area contributed by atoms with Crippen molar-refractivity contribution < 1.29 is 4.74 Å². The third kappa shape index (κ3) is 4.55. The number of hydrogen-bond donors (Lipinski definition) is 0. The average molecular weight is 320 g/mol. The van der Waals surface area contributed by atoms with Crippen LogP contribution >= 0.6 is 0 Å². The molecule has 0 saturated heterocycles. The summed E-state index contributed by atoms with van der Waals surface area (Å²) in [7, 11) is 3.67. The predicted octanol–water partition coefficient (Wildman–Crippen LogP) is 4.30. The van der Waals surface area contributed by atoms with E-state index in [1.807, 2.05) is 72.6 Å². The minimum atomic E-state index is -0.318. The zero-order valence-electron chi connectivity index (χ0n) is 14.5.